The van der Waals surface area contributed by atoms with Gasteiger partial charge in [-0.15, -0.1) is 0 Å². The van der Waals surface area contributed by atoms with Crippen molar-refractivity contribution in [2.45, 2.75) is 19.1 Å². The molecule has 0 spiro atoms. The average molecular weight is 422 g/mol. The summed E-state index contributed by atoms with van der Waals surface area (Å²) in [7, 11) is 4.88. The topological polar surface area (TPSA) is 64.7 Å². The smallest absolute Gasteiger partial charge is 0.378 e. The van der Waals surface area contributed by atoms with Gasteiger partial charge >= 0.3 is 12.2 Å². The number of nitrogens with one attached hydrogen (secondary N) is 2. The van der Waals surface area contributed by atoms with Crippen LogP contribution < -0.4 is 15.5 Å². The number of carbonyl (C=O) groups is 2. The van der Waals surface area contributed by atoms with E-state index in [-0.39, 0.29) is 24.7 Å². The van der Waals surface area contributed by atoms with Crippen molar-refractivity contribution in [3.8, 4) is 0 Å². The highest BCUT2D eigenvalue weighted by Gasteiger charge is 2.34. The fourth-order valence-corrected chi connectivity index (χ4v) is 2.71. The summed E-state index contributed by atoms with van der Waals surface area (Å²) < 4.78 is 40.0. The van der Waals surface area contributed by atoms with Crippen LogP contribution in [0.15, 0.2) is 48.5 Å². The van der Waals surface area contributed by atoms with Gasteiger partial charge in [-0.25, -0.2) is 4.79 Å². The maximum absolute atomic E-state index is 13.3. The Kier molecular flexibility index (Phi) is 7.68. The van der Waals surface area contributed by atoms with Crippen LogP contribution in [0.5, 0.6) is 0 Å². The summed E-state index contributed by atoms with van der Waals surface area (Å²) in [6.45, 7) is 0.396. The maximum Gasteiger partial charge on any atom is 0.418 e. The second-order valence-electron chi connectivity index (χ2n) is 6.99. The van der Waals surface area contributed by atoms with Crippen molar-refractivity contribution in [3.63, 3.8) is 0 Å². The van der Waals surface area contributed by atoms with Crippen LogP contribution in [-0.4, -0.2) is 44.5 Å². The number of carbonyl (C=O) groups excluding carboxylic acids is 2. The molecular weight excluding hydrogens is 397 g/mol. The summed E-state index contributed by atoms with van der Waals surface area (Å²) in [5.41, 5.74) is 0.0853. The minimum atomic E-state index is -4.61. The van der Waals surface area contributed by atoms with Crippen molar-refractivity contribution >= 4 is 23.3 Å². The van der Waals surface area contributed by atoms with Crippen LogP contribution in [0.3, 0.4) is 0 Å². The molecule has 0 bridgehead atoms. The molecule has 0 fully saturated rings. The van der Waals surface area contributed by atoms with Crippen LogP contribution >= 0.6 is 0 Å². The lowest BCUT2D eigenvalue weighted by Crippen LogP contribution is -2.38. The second-order valence-corrected chi connectivity index (χ2v) is 6.99. The first-order valence-electron chi connectivity index (χ1n) is 9.29. The van der Waals surface area contributed by atoms with Gasteiger partial charge in [0.1, 0.15) is 0 Å². The molecule has 162 valence electrons. The molecule has 2 N–H and O–H groups in total. The van der Waals surface area contributed by atoms with Gasteiger partial charge in [-0.2, -0.15) is 13.2 Å². The Morgan fingerprint density at radius 1 is 1.00 bits per heavy atom. The zero-order valence-corrected chi connectivity index (χ0v) is 17.1. The molecule has 9 heteroatoms. The number of alkyl halides is 3. The lowest BCUT2D eigenvalue weighted by molar-refractivity contribution is -0.136. The number of benzene rings is 2. The van der Waals surface area contributed by atoms with E-state index in [1.54, 1.807) is 26.0 Å². The molecule has 0 saturated carbocycles. The Morgan fingerprint density at radius 2 is 1.67 bits per heavy atom. The standard InChI is InChI=1S/C21H25F3N4O2/c1-27(2)16-9-10-18(17(13-16)21(22,23)24)26-19(29)11-12-25-20(30)28(3)14-15-7-5-4-6-8-15/h4-10,13H,11-12,14H2,1-3H3,(H,25,30)(H,26,29). The molecule has 0 aliphatic carbocycles. The lowest BCUT2D eigenvalue weighted by Gasteiger charge is -2.19. The van der Waals surface area contributed by atoms with Crippen molar-refractivity contribution in [3.05, 3.63) is 59.7 Å². The number of anilines is 2. The summed E-state index contributed by atoms with van der Waals surface area (Å²) in [6, 6.07) is 12.7. The van der Waals surface area contributed by atoms with Crippen LogP contribution in [0.4, 0.5) is 29.3 Å². The first-order chi connectivity index (χ1) is 14.1. The fourth-order valence-electron chi connectivity index (χ4n) is 2.71. The Hall–Kier alpha value is -3.23. The van der Waals surface area contributed by atoms with E-state index in [4.69, 9.17) is 0 Å². The Morgan fingerprint density at radius 3 is 2.27 bits per heavy atom. The molecule has 3 amide bonds. The van der Waals surface area contributed by atoms with Crippen molar-refractivity contribution in [2.75, 3.05) is 37.9 Å². The number of nitrogens with zero attached hydrogens (tertiary/aromatic N) is 2. The number of rotatable bonds is 7. The summed E-state index contributed by atoms with van der Waals surface area (Å²) in [5, 5.41) is 4.87. The van der Waals surface area contributed by atoms with E-state index in [1.165, 1.54) is 17.0 Å². The quantitative estimate of drug-likeness (QED) is 0.710. The Balaban J connectivity index is 1.89. The molecule has 0 radical (unpaired) electrons. The van der Waals surface area contributed by atoms with Crippen molar-refractivity contribution in [1.29, 1.82) is 0 Å². The molecule has 0 aliphatic rings. The zero-order valence-electron chi connectivity index (χ0n) is 17.1. The van der Waals surface area contributed by atoms with E-state index in [0.717, 1.165) is 11.6 Å². The van der Waals surface area contributed by atoms with Crippen LogP contribution in [0, 0.1) is 0 Å². The molecule has 0 aliphatic heterocycles. The van der Waals surface area contributed by atoms with Crippen LogP contribution in [0.1, 0.15) is 17.5 Å². The van der Waals surface area contributed by atoms with Gasteiger partial charge in [0.25, 0.3) is 0 Å². The Bertz CT molecular complexity index is 870. The molecule has 6 nitrogen and oxygen atoms in total. The van der Waals surface area contributed by atoms with E-state index in [0.29, 0.717) is 12.2 Å². The minimum absolute atomic E-state index is 0.000922. The van der Waals surface area contributed by atoms with Crippen LogP contribution in [0.25, 0.3) is 0 Å². The summed E-state index contributed by atoms with van der Waals surface area (Å²) in [4.78, 5) is 27.2. The minimum Gasteiger partial charge on any atom is -0.378 e. The molecular formula is C21H25F3N4O2. The largest absolute Gasteiger partial charge is 0.418 e. The highest BCUT2D eigenvalue weighted by atomic mass is 19.4. The first-order valence-corrected chi connectivity index (χ1v) is 9.29. The van der Waals surface area contributed by atoms with Crippen molar-refractivity contribution < 1.29 is 22.8 Å². The third-order valence-electron chi connectivity index (χ3n) is 4.34. The predicted octanol–water partition coefficient (Wildman–Crippen LogP) is 3.94. The van der Waals surface area contributed by atoms with E-state index in [1.807, 2.05) is 30.3 Å². The van der Waals surface area contributed by atoms with Crippen molar-refractivity contribution in [1.82, 2.24) is 10.2 Å². The van der Waals surface area contributed by atoms with E-state index >= 15 is 0 Å². The predicted molar refractivity (Wildman–Crippen MR) is 110 cm³/mol. The van der Waals surface area contributed by atoms with Gasteiger partial charge < -0.3 is 20.4 Å². The number of amides is 3. The van der Waals surface area contributed by atoms with Gasteiger partial charge in [-0.05, 0) is 23.8 Å². The van der Waals surface area contributed by atoms with Gasteiger partial charge in [0.2, 0.25) is 5.91 Å². The molecule has 0 saturated heterocycles. The molecule has 0 atom stereocenters. The van der Waals surface area contributed by atoms with Gasteiger partial charge in [0.05, 0.1) is 11.3 Å². The van der Waals surface area contributed by atoms with E-state index < -0.39 is 17.6 Å². The van der Waals surface area contributed by atoms with Gasteiger partial charge in [0, 0.05) is 46.3 Å². The maximum atomic E-state index is 13.3. The molecule has 2 aromatic rings. The normalized spacial score (nSPS) is 11.0. The highest BCUT2D eigenvalue weighted by molar-refractivity contribution is 5.92. The second kappa shape index (κ2) is 10.00. The van der Waals surface area contributed by atoms with Crippen LogP contribution in [0.2, 0.25) is 0 Å². The molecule has 0 aromatic heterocycles. The van der Waals surface area contributed by atoms with Gasteiger partial charge in [-0.3, -0.25) is 4.79 Å². The van der Waals surface area contributed by atoms with E-state index in [9.17, 15) is 22.8 Å². The number of urea groups is 1. The first kappa shape index (κ1) is 23.1. The third kappa shape index (κ3) is 6.68. The highest BCUT2D eigenvalue weighted by Crippen LogP contribution is 2.37. The molecule has 2 aromatic carbocycles. The zero-order chi connectivity index (χ0) is 22.3. The number of hydrogen-bond acceptors (Lipinski definition) is 3. The lowest BCUT2D eigenvalue weighted by atomic mass is 10.1. The van der Waals surface area contributed by atoms with Gasteiger partial charge in [0.15, 0.2) is 0 Å². The van der Waals surface area contributed by atoms with Crippen molar-refractivity contribution in [2.24, 2.45) is 0 Å². The third-order valence-corrected chi connectivity index (χ3v) is 4.34. The number of hydrogen-bond donors (Lipinski definition) is 2. The average Bonchev–Trinajstić information content (AvgIpc) is 2.67. The molecule has 2 rings (SSSR count). The van der Waals surface area contributed by atoms with Crippen LogP contribution in [-0.2, 0) is 17.5 Å². The molecule has 0 unspecified atom stereocenters. The number of halogens is 3. The Labute approximate surface area is 173 Å². The molecule has 30 heavy (non-hydrogen) atoms. The fraction of sp³-hybridized carbons (Fsp3) is 0.333. The SMILES string of the molecule is CN(Cc1ccccc1)C(=O)NCCC(=O)Nc1ccc(N(C)C)cc1C(F)(F)F. The van der Waals surface area contributed by atoms with Gasteiger partial charge in [-0.1, -0.05) is 30.3 Å². The summed E-state index contributed by atoms with van der Waals surface area (Å²) >= 11 is 0. The monoisotopic (exact) mass is 422 g/mol. The summed E-state index contributed by atoms with van der Waals surface area (Å²) in [6.07, 6.45) is -4.76. The molecule has 0 heterocycles. The summed E-state index contributed by atoms with van der Waals surface area (Å²) in [5.74, 6) is -0.621. The van der Waals surface area contributed by atoms with E-state index in [2.05, 4.69) is 10.6 Å².